The molecule has 5 aliphatic heterocycles. The minimum atomic E-state index is -3.54. The van der Waals surface area contributed by atoms with E-state index in [1.54, 1.807) is 95.5 Å². The number of nitrogens with zero attached hydrogens (tertiary/aromatic N) is 6. The van der Waals surface area contributed by atoms with E-state index in [0.717, 1.165) is 96.1 Å². The van der Waals surface area contributed by atoms with Crippen molar-refractivity contribution >= 4 is 102 Å². The van der Waals surface area contributed by atoms with Crippen molar-refractivity contribution in [3.63, 3.8) is 0 Å². The number of halogens is 2. The van der Waals surface area contributed by atoms with Gasteiger partial charge in [0.25, 0.3) is 0 Å². The zero-order valence-electron chi connectivity index (χ0n) is 78.3. The quantitative estimate of drug-likeness (QED) is 0.0205. The molecule has 0 aliphatic carbocycles. The lowest BCUT2D eigenvalue weighted by atomic mass is 9.75. The van der Waals surface area contributed by atoms with Gasteiger partial charge in [0.05, 0.1) is 84.3 Å². The first-order chi connectivity index (χ1) is 57.1. The molecule has 27 nitrogen and oxygen atoms in total. The largest absolute Gasteiger partial charge is 0.490 e. The molecule has 120 heavy (non-hydrogen) atoms. The van der Waals surface area contributed by atoms with E-state index in [-0.39, 0.29) is 75.1 Å². The van der Waals surface area contributed by atoms with E-state index >= 15 is 0 Å². The number of nitrogens with one attached hydrogen (secondary N) is 4. The van der Waals surface area contributed by atoms with Crippen molar-refractivity contribution in [2.75, 3.05) is 68.7 Å². The van der Waals surface area contributed by atoms with Gasteiger partial charge in [0, 0.05) is 48.9 Å². The number of benzene rings is 5. The number of carbonyl (C=O) groups is 2. The molecule has 0 spiro atoms. The van der Waals surface area contributed by atoms with Crippen LogP contribution in [0.3, 0.4) is 0 Å². The van der Waals surface area contributed by atoms with Gasteiger partial charge in [-0.25, -0.2) is 23.0 Å². The Balaban J connectivity index is 0.000000221. The van der Waals surface area contributed by atoms with Gasteiger partial charge < -0.3 is 74.5 Å². The molecule has 1 aromatic heterocycles. The predicted octanol–water partition coefficient (Wildman–Crippen LogP) is 20.5. The average molecular weight is 1770 g/mol. The number of carbonyl (C=O) groups excluding carboxylic acids is 2. The number of hydrogen-bond acceptors (Lipinski definition) is 23. The second-order valence-electron chi connectivity index (χ2n) is 34.4. The second-order valence-corrected chi connectivity index (χ2v) is 38.2. The maximum atomic E-state index is 12.9. The summed E-state index contributed by atoms with van der Waals surface area (Å²) >= 11 is 9.68. The van der Waals surface area contributed by atoms with Crippen LogP contribution in [0.2, 0.25) is 5.02 Å². The molecular weight excluding hydrogens is 1640 g/mol. The average Bonchev–Trinajstić information content (AvgIpc) is 1.62. The molecule has 3 fully saturated rings. The smallest absolute Gasteiger partial charge is 0.489 e. The van der Waals surface area contributed by atoms with E-state index in [9.17, 15) is 38.2 Å². The number of nitrogen functional groups attached to an aromatic ring is 1. The van der Waals surface area contributed by atoms with Gasteiger partial charge in [-0.3, -0.25) is 20.2 Å². The number of para-hydroxylation sites is 1. The van der Waals surface area contributed by atoms with Gasteiger partial charge in [-0.05, 0) is 335 Å². The third-order valence-corrected chi connectivity index (χ3v) is 23.6. The number of piperidine rings is 2. The topological polar surface area (TPSA) is 335 Å². The molecule has 6 heterocycles. The zero-order valence-corrected chi connectivity index (χ0v) is 77.5. The van der Waals surface area contributed by atoms with Crippen LogP contribution >= 0.6 is 27.5 Å². The number of nitro benzene ring substituents is 2. The van der Waals surface area contributed by atoms with Crippen LogP contribution < -0.4 is 45.9 Å². The fourth-order valence-corrected chi connectivity index (χ4v) is 15.1. The Morgan fingerprint density at radius 3 is 1.57 bits per heavy atom. The first-order valence-corrected chi connectivity index (χ1v) is 43.4. The zero-order chi connectivity index (χ0) is 93.0. The molecule has 0 unspecified atom stereocenters. The summed E-state index contributed by atoms with van der Waals surface area (Å²) in [5, 5.41) is 34.9. The summed E-state index contributed by atoms with van der Waals surface area (Å²) in [6, 6.07) is 20.7. The van der Waals surface area contributed by atoms with Crippen LogP contribution in [-0.4, -0.2) is 162 Å². The normalized spacial score (nSPS) is 17.1. The summed E-state index contributed by atoms with van der Waals surface area (Å²) in [6.07, 6.45) is 5.87. The van der Waals surface area contributed by atoms with Crippen molar-refractivity contribution in [1.29, 1.82) is 0 Å². The van der Waals surface area contributed by atoms with Gasteiger partial charge in [-0.2, -0.15) is 4.98 Å². The van der Waals surface area contributed by atoms with Gasteiger partial charge in [0.15, 0.2) is 27.2 Å². The molecule has 658 valence electrons. The molecule has 0 saturated carbocycles. The molecule has 0 radical (unpaired) electrons. The van der Waals surface area contributed by atoms with E-state index < -0.39 is 60.5 Å². The Bertz CT molecular complexity index is 4940. The number of sulfone groups is 1. The Morgan fingerprint density at radius 2 is 1.10 bits per heavy atom. The maximum absolute atomic E-state index is 12.9. The van der Waals surface area contributed by atoms with Crippen LogP contribution in [0.5, 0.6) is 23.0 Å². The molecule has 2 amide bonds. The molecule has 0 atom stereocenters. The number of amides is 2. The van der Waals surface area contributed by atoms with Gasteiger partial charge in [0.2, 0.25) is 5.95 Å². The van der Waals surface area contributed by atoms with Crippen LogP contribution in [0, 0.1) is 47.9 Å². The number of hydrogen-bond donors (Lipinski definition) is 5. The molecule has 6 N–H and O–H groups in total. The summed E-state index contributed by atoms with van der Waals surface area (Å²) in [4.78, 5) is 57.8. The number of nitrogens with two attached hydrogens (primary N) is 1. The van der Waals surface area contributed by atoms with Crippen molar-refractivity contribution in [3.05, 3.63) is 165 Å². The first-order valence-electron chi connectivity index (χ1n) is 42.6. The van der Waals surface area contributed by atoms with E-state index in [2.05, 4.69) is 61.0 Å². The third-order valence-electron chi connectivity index (χ3n) is 20.2. The fraction of sp³-hybridized carbons (Fsp3) is 0.551. The standard InChI is InChI=1S/C28H36ClN5O3S.C20H28N2O5.C16H28BNO4.C15H24N2O.C10H12BrNO3/c1-17(2)37-25-15-21(20-10-12-30-13-11-20)19(5)14-24(25)33-28-31-16-22(29)27(34-28)32-23-8-6-7-9-26(23)38(35,36)18(3)4;1-13(2)26-18-12-16(14(3)11-17(18)22(24)25)15-7-9-21(10-8-15)19(23)27-20(4,5)6;1-14(2,3)20-13(19)18-10-8-12(9-11-18)17-21-15(4,5)16(6,7)22-17;1-10(2)18-15-9-13(11(3)8-14(15)16)12-4-6-17-7-5-12;1-6(2)15-10-5-8(11)7(3)4-9(10)12(13)14/h6-9,14-18,20,30H,10-13H2,1-5H3,(H2,31,32,33,34);7,11-13H,8-10H2,1-6H3;8H,9-11H2,1-7H3;8-10,12,17H,4-7,16H2,1-3H3;4-6H,1-3H3/i17D;13D;;10D;6D. The van der Waals surface area contributed by atoms with Crippen LogP contribution in [0.25, 0.3) is 5.57 Å². The van der Waals surface area contributed by atoms with E-state index in [1.165, 1.54) is 68.8 Å². The minimum absolute atomic E-state index is 0.0704. The molecule has 5 aromatic carbocycles. The Kier molecular flexibility index (Phi) is 32.8. The van der Waals surface area contributed by atoms with Crippen molar-refractivity contribution in [2.24, 2.45) is 0 Å². The highest BCUT2D eigenvalue weighted by Gasteiger charge is 2.52. The van der Waals surface area contributed by atoms with Gasteiger partial charge >= 0.3 is 30.7 Å². The second kappa shape index (κ2) is 42.8. The molecule has 31 heteroatoms. The number of aromatic nitrogens is 2. The Labute approximate surface area is 730 Å². The van der Waals surface area contributed by atoms with E-state index in [0.29, 0.717) is 73.0 Å². The lowest BCUT2D eigenvalue weighted by Gasteiger charge is -2.32. The maximum Gasteiger partial charge on any atom is 0.490 e. The number of aryl methyl sites for hydroxylation is 4. The first kappa shape index (κ1) is 92.0. The Morgan fingerprint density at radius 1 is 0.642 bits per heavy atom. The molecule has 3 saturated heterocycles. The van der Waals surface area contributed by atoms with Crippen LogP contribution in [0.1, 0.15) is 233 Å². The molecular formula is C89H128BBrClN11O16S. The van der Waals surface area contributed by atoms with Crippen molar-refractivity contribution in [3.8, 4) is 23.0 Å². The summed E-state index contributed by atoms with van der Waals surface area (Å²) in [5.74, 6) is 2.83. The number of ether oxygens (including phenoxy) is 6. The lowest BCUT2D eigenvalue weighted by Crippen LogP contribution is -2.41. The van der Waals surface area contributed by atoms with Gasteiger partial charge in [0.1, 0.15) is 27.7 Å². The van der Waals surface area contributed by atoms with E-state index in [4.69, 9.17) is 60.5 Å². The highest BCUT2D eigenvalue weighted by Crippen LogP contribution is 2.43. The number of rotatable bonds is 20. The Hall–Kier alpha value is -8.78. The van der Waals surface area contributed by atoms with Crippen LogP contribution in [0.4, 0.5) is 49.8 Å². The van der Waals surface area contributed by atoms with Crippen molar-refractivity contribution in [1.82, 2.24) is 30.4 Å². The molecule has 0 bridgehead atoms. The third kappa shape index (κ3) is 28.4. The van der Waals surface area contributed by atoms with Crippen molar-refractivity contribution < 1.29 is 71.1 Å². The van der Waals surface area contributed by atoms with Crippen molar-refractivity contribution in [2.45, 2.75) is 273 Å². The molecule has 11 rings (SSSR count). The molecule has 5 aliphatic rings. The SMILES string of the molecule is CC(C)(C)OC(=O)N1CC=C(B2OC(C)(C)C(C)(C)O2)CC1.[2H]C(C)(C)Oc1cc(Br)c(C)cc1[N+](=O)[O-].[2H]C(C)(C)Oc1cc(C2=CCN(C(=O)OC(C)(C)C)CC2)c(C)cc1[N+](=O)[O-].[2H]C(C)(C)Oc1cc(C2CCNCC2)c(C)cc1N.[2H]C(C)(C)Oc1cc(C2CCNCC2)c(C)cc1Nc1ncc(Cl)c(Nc2ccccc2S(=O)(=O)C(C)C)n1. The lowest BCUT2D eigenvalue weighted by molar-refractivity contribution is -0.386. The summed E-state index contributed by atoms with van der Waals surface area (Å²) in [7, 11) is -3.86. The van der Waals surface area contributed by atoms with Crippen LogP contribution in [-0.2, 0) is 28.6 Å². The summed E-state index contributed by atoms with van der Waals surface area (Å²) < 4.78 is 104. The summed E-state index contributed by atoms with van der Waals surface area (Å²) in [6.45, 7) is 49.3. The minimum Gasteiger partial charge on any atom is -0.489 e. The van der Waals surface area contributed by atoms with Gasteiger partial charge in [-0.1, -0.05) is 51.8 Å². The fourth-order valence-electron chi connectivity index (χ4n) is 13.5. The number of nitro groups is 2. The van der Waals surface area contributed by atoms with Crippen LogP contribution in [0.15, 0.2) is 106 Å². The summed E-state index contributed by atoms with van der Waals surface area (Å²) in [5.41, 5.74) is 14.9. The highest BCUT2D eigenvalue weighted by atomic mass is 79.9. The highest BCUT2D eigenvalue weighted by molar-refractivity contribution is 9.10. The van der Waals surface area contributed by atoms with Gasteiger partial charge in [-0.15, -0.1) is 0 Å². The molecule has 6 aromatic rings. The van der Waals surface area contributed by atoms with E-state index in [1.807, 2.05) is 106 Å². The monoisotopic (exact) mass is 1770 g/mol. The number of anilines is 5. The predicted molar refractivity (Wildman–Crippen MR) is 482 cm³/mol.